The Hall–Kier alpha value is -3.88. The maximum atomic E-state index is 12.5. The van der Waals surface area contributed by atoms with Crippen molar-refractivity contribution in [3.05, 3.63) is 58.5 Å². The Morgan fingerprint density at radius 1 is 1.07 bits per heavy atom. The maximum absolute atomic E-state index is 12.5. The first-order chi connectivity index (χ1) is 14.3. The molecule has 0 aliphatic carbocycles. The number of hydrogen-bond donors (Lipinski definition) is 1. The molecule has 9 nitrogen and oxygen atoms in total. The zero-order valence-corrected chi connectivity index (χ0v) is 17.0. The van der Waals surface area contributed by atoms with Gasteiger partial charge in [-0.3, -0.25) is 9.59 Å². The Morgan fingerprint density at radius 3 is 2.33 bits per heavy atom. The Bertz CT molecular complexity index is 1070. The molecule has 1 aromatic heterocycles. The van der Waals surface area contributed by atoms with Crippen LogP contribution in [-0.2, 0) is 19.1 Å². The van der Waals surface area contributed by atoms with Crippen LogP contribution in [0.1, 0.15) is 27.3 Å². The predicted octanol–water partition coefficient (Wildman–Crippen LogP) is 1.95. The minimum Gasteiger partial charge on any atom is -0.468 e. The summed E-state index contributed by atoms with van der Waals surface area (Å²) < 4.78 is 11.2. The molecule has 0 unspecified atom stereocenters. The van der Waals surface area contributed by atoms with Gasteiger partial charge in [0.05, 0.1) is 19.8 Å². The van der Waals surface area contributed by atoms with Crippen molar-refractivity contribution in [2.75, 3.05) is 20.8 Å². The molecule has 3 rings (SSSR count). The van der Waals surface area contributed by atoms with Gasteiger partial charge in [0.1, 0.15) is 12.2 Å². The molecule has 0 spiro atoms. The van der Waals surface area contributed by atoms with Crippen molar-refractivity contribution in [3.63, 3.8) is 0 Å². The van der Waals surface area contributed by atoms with Crippen molar-refractivity contribution in [3.8, 4) is 5.69 Å². The highest BCUT2D eigenvalue weighted by atomic mass is 16.5. The van der Waals surface area contributed by atoms with E-state index in [-0.39, 0.29) is 5.70 Å². The number of nitrogens with zero attached hydrogens (tertiary/aromatic N) is 2. The molecule has 1 aliphatic heterocycles. The number of urea groups is 1. The minimum absolute atomic E-state index is 0.0743. The Labute approximate surface area is 172 Å². The third-order valence-electron chi connectivity index (χ3n) is 4.79. The van der Waals surface area contributed by atoms with E-state index >= 15 is 0 Å². The molecule has 30 heavy (non-hydrogen) atoms. The Morgan fingerprint density at radius 2 is 1.73 bits per heavy atom. The highest BCUT2D eigenvalue weighted by molar-refractivity contribution is 6.15. The lowest BCUT2D eigenvalue weighted by molar-refractivity contribution is -0.143. The number of nitrogens with one attached hydrogen (secondary N) is 1. The number of aromatic nitrogens is 1. The summed E-state index contributed by atoms with van der Waals surface area (Å²) in [6, 6.07) is 8.13. The third kappa shape index (κ3) is 3.82. The number of imide groups is 1. The number of carbonyl (C=O) groups is 4. The van der Waals surface area contributed by atoms with Gasteiger partial charge in [0, 0.05) is 17.1 Å². The van der Waals surface area contributed by atoms with Crippen molar-refractivity contribution in [1.82, 2.24) is 14.8 Å². The number of esters is 2. The molecule has 2 aromatic rings. The van der Waals surface area contributed by atoms with Gasteiger partial charge in [-0.25, -0.2) is 14.5 Å². The van der Waals surface area contributed by atoms with E-state index < -0.39 is 30.4 Å². The quantitative estimate of drug-likeness (QED) is 0.458. The number of carbonyl (C=O) groups excluding carboxylic acids is 4. The number of hydrogen-bond acceptors (Lipinski definition) is 6. The fourth-order valence-electron chi connectivity index (χ4n) is 3.26. The van der Waals surface area contributed by atoms with Crippen LogP contribution in [0.15, 0.2) is 36.0 Å². The number of amides is 3. The molecule has 1 aliphatic rings. The van der Waals surface area contributed by atoms with Crippen LogP contribution in [0, 0.1) is 13.8 Å². The van der Waals surface area contributed by atoms with E-state index in [9.17, 15) is 19.2 Å². The Balaban J connectivity index is 1.91. The molecule has 1 aromatic carbocycles. The molecule has 0 radical (unpaired) electrons. The average Bonchev–Trinajstić information content (AvgIpc) is 3.16. The standard InChI is InChI=1S/C21H21N3O6/c1-12-9-15(10-17-19(26)23(21(28)22-17)11-18(25)29-3)13(2)24(12)16-7-5-14(6-8-16)20(27)30-4/h5-10H,11H2,1-4H3,(H,22,28). The van der Waals surface area contributed by atoms with E-state index in [1.807, 2.05) is 24.5 Å². The zero-order valence-electron chi connectivity index (χ0n) is 17.0. The zero-order chi connectivity index (χ0) is 22.0. The lowest BCUT2D eigenvalue weighted by Gasteiger charge is -2.10. The maximum Gasteiger partial charge on any atom is 0.337 e. The number of benzene rings is 1. The SMILES string of the molecule is COC(=O)CN1C(=O)NC(=Cc2cc(C)n(-c3ccc(C(=O)OC)cc3)c2C)C1=O. The van der Waals surface area contributed by atoms with Crippen LogP contribution in [0.25, 0.3) is 11.8 Å². The molecular weight excluding hydrogens is 390 g/mol. The van der Waals surface area contributed by atoms with Crippen molar-refractivity contribution < 1.29 is 28.7 Å². The summed E-state index contributed by atoms with van der Waals surface area (Å²) in [7, 11) is 2.51. The van der Waals surface area contributed by atoms with Crippen LogP contribution in [-0.4, -0.2) is 54.1 Å². The van der Waals surface area contributed by atoms with E-state index in [2.05, 4.69) is 10.1 Å². The van der Waals surface area contributed by atoms with Gasteiger partial charge in [-0.05, 0) is 55.8 Å². The molecule has 1 N–H and O–H groups in total. The second kappa shape index (κ2) is 8.24. The van der Waals surface area contributed by atoms with Gasteiger partial charge in [-0.2, -0.15) is 0 Å². The molecular formula is C21H21N3O6. The van der Waals surface area contributed by atoms with Crippen LogP contribution < -0.4 is 5.32 Å². The first kappa shape index (κ1) is 20.8. The molecule has 0 atom stereocenters. The number of rotatable bonds is 5. The molecule has 1 fully saturated rings. The highest BCUT2D eigenvalue weighted by Crippen LogP contribution is 2.24. The van der Waals surface area contributed by atoms with E-state index in [1.54, 1.807) is 30.3 Å². The van der Waals surface area contributed by atoms with Gasteiger partial charge in [0.15, 0.2) is 0 Å². The summed E-state index contributed by atoms with van der Waals surface area (Å²) in [4.78, 5) is 48.4. The lowest BCUT2D eigenvalue weighted by atomic mass is 10.2. The highest BCUT2D eigenvalue weighted by Gasteiger charge is 2.35. The van der Waals surface area contributed by atoms with Gasteiger partial charge in [-0.1, -0.05) is 0 Å². The van der Waals surface area contributed by atoms with Gasteiger partial charge < -0.3 is 19.4 Å². The molecule has 3 amide bonds. The number of ether oxygens (including phenoxy) is 2. The monoisotopic (exact) mass is 411 g/mol. The largest absolute Gasteiger partial charge is 0.468 e. The molecule has 2 heterocycles. The summed E-state index contributed by atoms with van der Waals surface area (Å²) in [5.41, 5.74) is 3.80. The van der Waals surface area contributed by atoms with E-state index in [0.29, 0.717) is 5.56 Å². The summed E-state index contributed by atoms with van der Waals surface area (Å²) in [6.07, 6.45) is 1.57. The van der Waals surface area contributed by atoms with Gasteiger partial charge in [-0.15, -0.1) is 0 Å². The predicted molar refractivity (Wildman–Crippen MR) is 107 cm³/mol. The molecule has 0 bridgehead atoms. The fraction of sp³-hybridized carbons (Fsp3) is 0.238. The van der Waals surface area contributed by atoms with Crippen molar-refractivity contribution >= 4 is 30.0 Å². The first-order valence-corrected chi connectivity index (χ1v) is 9.06. The summed E-state index contributed by atoms with van der Waals surface area (Å²) in [6.45, 7) is 3.33. The second-order valence-corrected chi connectivity index (χ2v) is 6.66. The van der Waals surface area contributed by atoms with Gasteiger partial charge >= 0.3 is 18.0 Å². The molecule has 1 saturated heterocycles. The van der Waals surface area contributed by atoms with Crippen molar-refractivity contribution in [2.24, 2.45) is 0 Å². The summed E-state index contributed by atoms with van der Waals surface area (Å²) >= 11 is 0. The van der Waals surface area contributed by atoms with E-state index in [4.69, 9.17) is 4.74 Å². The van der Waals surface area contributed by atoms with Crippen LogP contribution in [0.4, 0.5) is 4.79 Å². The van der Waals surface area contributed by atoms with Crippen LogP contribution in [0.2, 0.25) is 0 Å². The topological polar surface area (TPSA) is 107 Å². The second-order valence-electron chi connectivity index (χ2n) is 6.66. The third-order valence-corrected chi connectivity index (χ3v) is 4.79. The first-order valence-electron chi connectivity index (χ1n) is 9.06. The summed E-state index contributed by atoms with van der Waals surface area (Å²) in [5, 5.41) is 2.48. The summed E-state index contributed by atoms with van der Waals surface area (Å²) in [5.74, 6) is -1.70. The van der Waals surface area contributed by atoms with Crippen LogP contribution in [0.5, 0.6) is 0 Å². The fourth-order valence-corrected chi connectivity index (χ4v) is 3.26. The van der Waals surface area contributed by atoms with Crippen molar-refractivity contribution in [2.45, 2.75) is 13.8 Å². The Kier molecular flexibility index (Phi) is 5.72. The lowest BCUT2D eigenvalue weighted by Crippen LogP contribution is -2.36. The van der Waals surface area contributed by atoms with E-state index in [0.717, 1.165) is 27.5 Å². The minimum atomic E-state index is -0.687. The van der Waals surface area contributed by atoms with Crippen LogP contribution in [0.3, 0.4) is 0 Å². The number of aryl methyl sites for hydroxylation is 1. The van der Waals surface area contributed by atoms with E-state index in [1.165, 1.54) is 14.2 Å². The normalized spacial score (nSPS) is 14.8. The van der Waals surface area contributed by atoms with Gasteiger partial charge in [0.2, 0.25) is 0 Å². The smallest absolute Gasteiger partial charge is 0.337 e. The van der Waals surface area contributed by atoms with Crippen LogP contribution >= 0.6 is 0 Å². The van der Waals surface area contributed by atoms with Crippen molar-refractivity contribution in [1.29, 1.82) is 0 Å². The molecule has 0 saturated carbocycles. The number of methoxy groups -OCH3 is 2. The molecule has 9 heteroatoms. The average molecular weight is 411 g/mol. The van der Waals surface area contributed by atoms with Gasteiger partial charge in [0.25, 0.3) is 5.91 Å². The molecule has 156 valence electrons.